The molecule has 0 aromatic rings. The van der Waals surface area contributed by atoms with Crippen LogP contribution in [-0.2, 0) is 9.47 Å². The van der Waals surface area contributed by atoms with Crippen molar-refractivity contribution in [3.8, 4) is 0 Å². The van der Waals surface area contributed by atoms with Crippen LogP contribution in [0.3, 0.4) is 0 Å². The minimum Gasteiger partial charge on any atom is -0.394 e. The summed E-state index contributed by atoms with van der Waals surface area (Å²) in [5, 5.41) is 37.5. The van der Waals surface area contributed by atoms with Crippen LogP contribution in [0.4, 0.5) is 0 Å². The Kier molecular flexibility index (Phi) is 3.24. The second-order valence-corrected chi connectivity index (χ2v) is 4.06. The zero-order valence-corrected chi connectivity index (χ0v) is 8.19. The van der Waals surface area contributed by atoms with Gasteiger partial charge in [0.1, 0.15) is 24.4 Å². The van der Waals surface area contributed by atoms with E-state index in [0.717, 1.165) is 0 Å². The van der Waals surface area contributed by atoms with Crippen molar-refractivity contribution in [3.63, 3.8) is 0 Å². The lowest BCUT2D eigenvalue weighted by atomic mass is 9.93. The van der Waals surface area contributed by atoms with E-state index in [1.165, 1.54) is 0 Å². The maximum Gasteiger partial charge on any atom is 0.111 e. The third-order valence-electron chi connectivity index (χ3n) is 2.89. The Labute approximate surface area is 87.1 Å². The first-order chi connectivity index (χ1) is 7.13. The molecule has 0 radical (unpaired) electrons. The van der Waals surface area contributed by atoms with Gasteiger partial charge in [-0.05, 0) is 0 Å². The van der Waals surface area contributed by atoms with Gasteiger partial charge in [-0.25, -0.2) is 0 Å². The van der Waals surface area contributed by atoms with Gasteiger partial charge in [-0.2, -0.15) is 0 Å². The number of hydrogen-bond acceptors (Lipinski definition) is 6. The minimum atomic E-state index is -1.28. The maximum atomic E-state index is 9.63. The van der Waals surface area contributed by atoms with Gasteiger partial charge in [0.25, 0.3) is 0 Å². The normalized spacial score (nSPS) is 50.4. The fourth-order valence-electron chi connectivity index (χ4n) is 1.84. The third-order valence-corrected chi connectivity index (χ3v) is 2.89. The first-order valence-corrected chi connectivity index (χ1v) is 5.05. The Hall–Kier alpha value is -0.240. The Balaban J connectivity index is 1.97. The van der Waals surface area contributed by atoms with Gasteiger partial charge in [-0.3, -0.25) is 0 Å². The first kappa shape index (κ1) is 11.3. The summed E-state index contributed by atoms with van der Waals surface area (Å²) in [6.07, 6.45) is -4.55. The molecule has 2 saturated heterocycles. The van der Waals surface area contributed by atoms with Crippen molar-refractivity contribution in [2.75, 3.05) is 13.2 Å². The van der Waals surface area contributed by atoms with E-state index in [-0.39, 0.29) is 12.7 Å². The molecule has 0 saturated carbocycles. The number of aliphatic hydroxyl groups excluding tert-OH is 4. The molecule has 0 spiro atoms. The lowest BCUT2D eigenvalue weighted by Gasteiger charge is -2.39. The van der Waals surface area contributed by atoms with Gasteiger partial charge in [0, 0.05) is 6.42 Å². The third kappa shape index (κ3) is 2.30. The Bertz CT molecular complexity index is 217. The molecule has 6 heteroatoms. The molecule has 0 aliphatic carbocycles. The zero-order valence-electron chi connectivity index (χ0n) is 8.19. The molecular weight excluding hydrogens is 204 g/mol. The van der Waals surface area contributed by atoms with Gasteiger partial charge >= 0.3 is 0 Å². The highest BCUT2D eigenvalue weighted by molar-refractivity contribution is 4.93. The van der Waals surface area contributed by atoms with E-state index in [4.69, 9.17) is 14.6 Å². The van der Waals surface area contributed by atoms with Crippen molar-refractivity contribution in [3.05, 3.63) is 0 Å². The largest absolute Gasteiger partial charge is 0.394 e. The van der Waals surface area contributed by atoms with E-state index in [1.54, 1.807) is 0 Å². The second kappa shape index (κ2) is 4.32. The Morgan fingerprint density at radius 2 is 1.60 bits per heavy atom. The molecule has 6 atom stereocenters. The number of hydrogen-bond donors (Lipinski definition) is 4. The number of aliphatic hydroxyl groups is 4. The van der Waals surface area contributed by atoms with E-state index in [2.05, 4.69) is 0 Å². The van der Waals surface area contributed by atoms with Gasteiger partial charge in [0.05, 0.1) is 25.4 Å². The van der Waals surface area contributed by atoms with Crippen molar-refractivity contribution < 1.29 is 29.9 Å². The monoisotopic (exact) mass is 220 g/mol. The van der Waals surface area contributed by atoms with Crippen LogP contribution in [0.5, 0.6) is 0 Å². The summed E-state index contributed by atoms with van der Waals surface area (Å²) in [6.45, 7) is 0.252. The molecule has 2 rings (SSSR count). The van der Waals surface area contributed by atoms with E-state index in [0.29, 0.717) is 13.0 Å². The number of ether oxygens (including phenoxy) is 2. The Morgan fingerprint density at radius 3 is 2.13 bits per heavy atom. The molecule has 4 N–H and O–H groups in total. The SMILES string of the molecule is OC[C@H]1O[C@@H](CC2CO2)[C@H](O)[C@@H](O)[C@@H]1O. The van der Waals surface area contributed by atoms with Crippen LogP contribution in [0.15, 0.2) is 0 Å². The Morgan fingerprint density at radius 1 is 1.00 bits per heavy atom. The van der Waals surface area contributed by atoms with E-state index < -0.39 is 30.5 Å². The van der Waals surface area contributed by atoms with Crippen molar-refractivity contribution >= 4 is 0 Å². The lowest BCUT2D eigenvalue weighted by molar-refractivity contribution is -0.231. The quantitative estimate of drug-likeness (QED) is 0.396. The van der Waals surface area contributed by atoms with Gasteiger partial charge in [0.15, 0.2) is 0 Å². The van der Waals surface area contributed by atoms with Gasteiger partial charge < -0.3 is 29.9 Å². The van der Waals surface area contributed by atoms with Crippen molar-refractivity contribution in [1.29, 1.82) is 0 Å². The average molecular weight is 220 g/mol. The standard InChI is InChI=1S/C9H16O6/c10-2-6-8(12)9(13)7(11)5(15-6)1-4-3-14-4/h4-13H,1-3H2/t4?,5-,6+,7-,8+,9+/m0/s1. The van der Waals surface area contributed by atoms with Crippen molar-refractivity contribution in [2.45, 2.75) is 43.0 Å². The molecule has 15 heavy (non-hydrogen) atoms. The summed E-state index contributed by atoms with van der Waals surface area (Å²) in [6, 6.07) is 0. The van der Waals surface area contributed by atoms with Crippen LogP contribution in [0.2, 0.25) is 0 Å². The fraction of sp³-hybridized carbons (Fsp3) is 1.00. The van der Waals surface area contributed by atoms with Crippen LogP contribution in [0.25, 0.3) is 0 Å². The van der Waals surface area contributed by atoms with E-state index in [1.807, 2.05) is 0 Å². The number of epoxide rings is 1. The van der Waals surface area contributed by atoms with Gasteiger partial charge in [0.2, 0.25) is 0 Å². The highest BCUT2D eigenvalue weighted by atomic mass is 16.6. The highest BCUT2D eigenvalue weighted by Gasteiger charge is 2.45. The van der Waals surface area contributed by atoms with E-state index in [9.17, 15) is 15.3 Å². The predicted octanol–water partition coefficient (Wildman–Crippen LogP) is -2.38. The van der Waals surface area contributed by atoms with Crippen LogP contribution in [-0.4, -0.2) is 70.3 Å². The topological polar surface area (TPSA) is 103 Å². The van der Waals surface area contributed by atoms with Crippen LogP contribution in [0, 0.1) is 0 Å². The van der Waals surface area contributed by atoms with Crippen molar-refractivity contribution in [2.24, 2.45) is 0 Å². The summed E-state index contributed by atoms with van der Waals surface area (Å²) in [5.41, 5.74) is 0. The predicted molar refractivity (Wildman–Crippen MR) is 48.1 cm³/mol. The molecule has 0 bridgehead atoms. The summed E-state index contributed by atoms with van der Waals surface area (Å²) in [4.78, 5) is 0. The molecule has 0 aromatic heterocycles. The van der Waals surface area contributed by atoms with Gasteiger partial charge in [-0.1, -0.05) is 0 Å². The van der Waals surface area contributed by atoms with Gasteiger partial charge in [-0.15, -0.1) is 0 Å². The summed E-state index contributed by atoms with van der Waals surface area (Å²) < 4.78 is 10.3. The highest BCUT2D eigenvalue weighted by Crippen LogP contribution is 2.27. The molecule has 6 nitrogen and oxygen atoms in total. The molecule has 0 aromatic carbocycles. The van der Waals surface area contributed by atoms with Crippen LogP contribution < -0.4 is 0 Å². The summed E-state index contributed by atoms with van der Waals surface area (Å²) in [7, 11) is 0. The average Bonchev–Trinajstić information content (AvgIpc) is 3.03. The number of rotatable bonds is 3. The molecule has 0 amide bonds. The summed E-state index contributed by atoms with van der Waals surface area (Å²) >= 11 is 0. The second-order valence-electron chi connectivity index (χ2n) is 4.06. The smallest absolute Gasteiger partial charge is 0.111 e. The molecule has 2 aliphatic rings. The van der Waals surface area contributed by atoms with Crippen molar-refractivity contribution in [1.82, 2.24) is 0 Å². The fourth-order valence-corrected chi connectivity index (χ4v) is 1.84. The minimum absolute atomic E-state index is 0.0615. The first-order valence-electron chi connectivity index (χ1n) is 5.05. The van der Waals surface area contributed by atoms with Crippen LogP contribution in [0.1, 0.15) is 6.42 Å². The molecule has 2 aliphatic heterocycles. The molecule has 1 unspecified atom stereocenters. The molecular formula is C9H16O6. The lowest BCUT2D eigenvalue weighted by Crippen LogP contribution is -2.58. The molecule has 2 heterocycles. The zero-order chi connectivity index (χ0) is 11.0. The van der Waals surface area contributed by atoms with Crippen LogP contribution >= 0.6 is 0 Å². The summed E-state index contributed by atoms with van der Waals surface area (Å²) in [5.74, 6) is 0. The molecule has 2 fully saturated rings. The van der Waals surface area contributed by atoms with E-state index >= 15 is 0 Å². The maximum absolute atomic E-state index is 9.63. The molecule has 88 valence electrons.